The minimum atomic E-state index is -2.34. The molecule has 0 aliphatic carbocycles. The molecule has 0 atom stereocenters. The number of nitrogens with zero attached hydrogens (tertiary/aromatic N) is 6. The largest absolute Gasteiger partial charge is 0.343 e. The van der Waals surface area contributed by atoms with Gasteiger partial charge in [-0.15, -0.1) is 0 Å². The van der Waals surface area contributed by atoms with Gasteiger partial charge in [0.25, 0.3) is 6.43 Å². The molecule has 8 nitrogen and oxygen atoms in total. The van der Waals surface area contributed by atoms with Gasteiger partial charge in [-0.05, 0) is 26.0 Å². The second-order valence-corrected chi connectivity index (χ2v) is 6.53. The zero-order chi connectivity index (χ0) is 19.2. The van der Waals surface area contributed by atoms with Crippen molar-refractivity contribution in [2.45, 2.75) is 38.2 Å². The molecular weight excluding hydrogens is 358 g/mol. The Kier molecular flexibility index (Phi) is 6.38. The number of rotatable bonds is 7. The van der Waals surface area contributed by atoms with E-state index >= 15 is 0 Å². The van der Waals surface area contributed by atoms with Crippen molar-refractivity contribution >= 4 is 5.91 Å². The Morgan fingerprint density at radius 3 is 2.67 bits per heavy atom. The molecule has 0 bridgehead atoms. The van der Waals surface area contributed by atoms with E-state index in [0.29, 0.717) is 49.9 Å². The molecule has 1 fully saturated rings. The molecule has 27 heavy (non-hydrogen) atoms. The van der Waals surface area contributed by atoms with Gasteiger partial charge in [-0.1, -0.05) is 5.16 Å². The van der Waals surface area contributed by atoms with E-state index in [2.05, 4.69) is 20.1 Å². The molecule has 3 heterocycles. The van der Waals surface area contributed by atoms with E-state index in [9.17, 15) is 13.6 Å². The molecule has 3 rings (SSSR count). The normalized spacial score (nSPS) is 15.7. The molecule has 2 aromatic heterocycles. The summed E-state index contributed by atoms with van der Waals surface area (Å²) in [5.41, 5.74) is 0. The highest BCUT2D eigenvalue weighted by atomic mass is 19.3. The lowest BCUT2D eigenvalue weighted by molar-refractivity contribution is -0.132. The van der Waals surface area contributed by atoms with E-state index < -0.39 is 6.43 Å². The zero-order valence-corrected chi connectivity index (χ0v) is 15.1. The predicted octanol–water partition coefficient (Wildman–Crippen LogP) is 1.65. The first kappa shape index (κ1) is 19.3. The van der Waals surface area contributed by atoms with Gasteiger partial charge in [0.05, 0.1) is 6.54 Å². The fourth-order valence-electron chi connectivity index (χ4n) is 3.16. The molecule has 1 saturated heterocycles. The molecule has 0 N–H and O–H groups in total. The number of halogens is 2. The number of amides is 1. The van der Waals surface area contributed by atoms with Crippen LogP contribution < -0.4 is 0 Å². The maximum atomic E-state index is 12.5. The summed E-state index contributed by atoms with van der Waals surface area (Å²) in [6, 6.07) is 1.78. The number of alkyl halides is 2. The molecular formula is C17H22F2N6O2. The minimum absolute atomic E-state index is 0.000624. The first-order valence-electron chi connectivity index (χ1n) is 8.89. The van der Waals surface area contributed by atoms with Crippen molar-refractivity contribution < 1.29 is 18.1 Å². The third-order valence-corrected chi connectivity index (χ3v) is 4.65. The van der Waals surface area contributed by atoms with Gasteiger partial charge in [-0.3, -0.25) is 9.69 Å². The predicted molar refractivity (Wildman–Crippen MR) is 91.9 cm³/mol. The fraction of sp³-hybridized carbons (Fsp3) is 0.588. The van der Waals surface area contributed by atoms with Gasteiger partial charge in [-0.25, -0.2) is 18.7 Å². The molecule has 1 amide bonds. The Balaban J connectivity index is 1.45. The van der Waals surface area contributed by atoms with E-state index in [0.717, 1.165) is 0 Å². The Bertz CT molecular complexity index is 734. The number of carbonyl (C=O) groups is 1. The van der Waals surface area contributed by atoms with E-state index in [-0.39, 0.29) is 24.9 Å². The molecule has 0 spiro atoms. The first-order valence-corrected chi connectivity index (χ1v) is 8.89. The summed E-state index contributed by atoms with van der Waals surface area (Å²) in [5.74, 6) is 1.02. The monoisotopic (exact) mass is 380 g/mol. The number of aryl methyl sites for hydroxylation is 1. The van der Waals surface area contributed by atoms with Crippen LogP contribution in [0.2, 0.25) is 0 Å². The maximum absolute atomic E-state index is 12.5. The van der Waals surface area contributed by atoms with Crippen LogP contribution in [0.15, 0.2) is 23.0 Å². The highest BCUT2D eigenvalue weighted by Gasteiger charge is 2.26. The molecule has 1 aliphatic rings. The van der Waals surface area contributed by atoms with Crippen LogP contribution in [-0.2, 0) is 11.2 Å². The molecule has 0 unspecified atom stereocenters. The Morgan fingerprint density at radius 1 is 1.30 bits per heavy atom. The first-order chi connectivity index (χ1) is 13.0. The number of hydrogen-bond acceptors (Lipinski definition) is 7. The van der Waals surface area contributed by atoms with Crippen molar-refractivity contribution in [1.29, 1.82) is 0 Å². The molecule has 10 heteroatoms. The molecule has 146 valence electrons. The van der Waals surface area contributed by atoms with E-state index in [1.54, 1.807) is 35.3 Å². The number of carbonyl (C=O) groups excluding carboxylic acids is 1. The maximum Gasteiger partial charge on any atom is 0.251 e. The van der Waals surface area contributed by atoms with Crippen molar-refractivity contribution in [2.75, 3.05) is 26.7 Å². The van der Waals surface area contributed by atoms with Crippen LogP contribution >= 0.6 is 0 Å². The molecule has 2 aromatic rings. The molecule has 0 radical (unpaired) electrons. The summed E-state index contributed by atoms with van der Waals surface area (Å²) in [6.07, 6.45) is 2.83. The number of hydrogen-bond donors (Lipinski definition) is 0. The molecule has 1 aliphatic heterocycles. The van der Waals surface area contributed by atoms with Crippen LogP contribution in [-0.4, -0.2) is 75.0 Å². The summed E-state index contributed by atoms with van der Waals surface area (Å²) < 4.78 is 30.1. The summed E-state index contributed by atoms with van der Waals surface area (Å²) in [5, 5.41) is 3.83. The van der Waals surface area contributed by atoms with E-state index in [1.807, 2.05) is 0 Å². The molecule has 0 saturated carbocycles. The van der Waals surface area contributed by atoms with Crippen molar-refractivity contribution in [3.05, 3.63) is 24.4 Å². The fourth-order valence-corrected chi connectivity index (χ4v) is 3.16. The highest BCUT2D eigenvalue weighted by Crippen LogP contribution is 2.18. The summed E-state index contributed by atoms with van der Waals surface area (Å²) in [7, 11) is 1.71. The Labute approximate surface area is 155 Å². The summed E-state index contributed by atoms with van der Waals surface area (Å²) >= 11 is 0. The lowest BCUT2D eigenvalue weighted by Gasteiger charge is -2.36. The Morgan fingerprint density at radius 2 is 2.00 bits per heavy atom. The quantitative estimate of drug-likeness (QED) is 0.722. The number of aromatic nitrogens is 4. The number of likely N-dealkylation sites (tertiary alicyclic amines) is 1. The topological polar surface area (TPSA) is 88.2 Å². The van der Waals surface area contributed by atoms with Gasteiger partial charge in [-0.2, -0.15) is 4.98 Å². The minimum Gasteiger partial charge on any atom is -0.343 e. The van der Waals surface area contributed by atoms with Gasteiger partial charge < -0.3 is 9.42 Å². The van der Waals surface area contributed by atoms with Gasteiger partial charge in [0, 0.05) is 44.4 Å². The number of piperidine rings is 1. The smallest absolute Gasteiger partial charge is 0.251 e. The third-order valence-electron chi connectivity index (χ3n) is 4.65. The lowest BCUT2D eigenvalue weighted by Crippen LogP contribution is -2.46. The van der Waals surface area contributed by atoms with Gasteiger partial charge in [0.2, 0.25) is 23.4 Å². The van der Waals surface area contributed by atoms with Crippen LogP contribution in [0, 0.1) is 0 Å². The van der Waals surface area contributed by atoms with E-state index in [1.165, 1.54) is 0 Å². The lowest BCUT2D eigenvalue weighted by atomic mass is 10.0. The second-order valence-electron chi connectivity index (χ2n) is 6.53. The van der Waals surface area contributed by atoms with Crippen LogP contribution in [0.25, 0.3) is 11.6 Å². The van der Waals surface area contributed by atoms with Crippen LogP contribution in [0.4, 0.5) is 8.78 Å². The van der Waals surface area contributed by atoms with Gasteiger partial charge >= 0.3 is 0 Å². The van der Waals surface area contributed by atoms with Crippen molar-refractivity contribution in [3.8, 4) is 11.6 Å². The van der Waals surface area contributed by atoms with Crippen molar-refractivity contribution in [2.24, 2.45) is 0 Å². The average Bonchev–Trinajstić information content (AvgIpc) is 3.15. The van der Waals surface area contributed by atoms with Gasteiger partial charge in [0.15, 0.2) is 0 Å². The second kappa shape index (κ2) is 8.94. The van der Waals surface area contributed by atoms with Crippen LogP contribution in [0.3, 0.4) is 0 Å². The van der Waals surface area contributed by atoms with E-state index in [4.69, 9.17) is 4.52 Å². The summed E-state index contributed by atoms with van der Waals surface area (Å²) in [6.45, 7) is 0.914. The third kappa shape index (κ3) is 5.25. The zero-order valence-electron chi connectivity index (χ0n) is 15.1. The van der Waals surface area contributed by atoms with Crippen molar-refractivity contribution in [1.82, 2.24) is 29.9 Å². The SMILES string of the molecule is CN(CC(F)F)C1CCN(C(=O)CCc2nc(-c3ncccn3)no2)CC1. The molecule has 0 aromatic carbocycles. The van der Waals surface area contributed by atoms with Crippen LogP contribution in [0.1, 0.15) is 25.2 Å². The average molecular weight is 380 g/mol. The Hall–Kier alpha value is -2.49. The summed E-state index contributed by atoms with van der Waals surface area (Å²) in [4.78, 5) is 28.1. The highest BCUT2D eigenvalue weighted by molar-refractivity contribution is 5.76. The van der Waals surface area contributed by atoms with Gasteiger partial charge in [0.1, 0.15) is 0 Å². The standard InChI is InChI=1S/C17H22F2N6O2/c1-24(11-13(18)19)12-5-9-25(10-6-12)15(26)4-3-14-22-17(23-27-14)16-20-7-2-8-21-16/h2,7-8,12-13H,3-6,9-11H2,1H3. The van der Waals surface area contributed by atoms with Crippen molar-refractivity contribution in [3.63, 3.8) is 0 Å². The van der Waals surface area contributed by atoms with Crippen LogP contribution in [0.5, 0.6) is 0 Å².